The van der Waals surface area contributed by atoms with Gasteiger partial charge in [-0.05, 0) is 86.3 Å². The number of benzene rings is 4. The summed E-state index contributed by atoms with van der Waals surface area (Å²) in [5.74, 6) is 0.112. The highest BCUT2D eigenvalue weighted by Gasteiger charge is 2.36. The van der Waals surface area contributed by atoms with Gasteiger partial charge in [-0.1, -0.05) is 38.1 Å². The van der Waals surface area contributed by atoms with Gasteiger partial charge in [-0.3, -0.25) is 28.8 Å². The van der Waals surface area contributed by atoms with Crippen LogP contribution in [0.5, 0.6) is 17.2 Å². The van der Waals surface area contributed by atoms with Gasteiger partial charge in [-0.25, -0.2) is 17.7 Å². The molecule has 4 aromatic carbocycles. The summed E-state index contributed by atoms with van der Waals surface area (Å²) in [7, 11) is -0.277. The van der Waals surface area contributed by atoms with Crippen LogP contribution in [-0.2, 0) is 21.4 Å². The first-order valence-corrected chi connectivity index (χ1v) is 29.1. The van der Waals surface area contributed by atoms with E-state index in [-0.39, 0.29) is 81.4 Å². The molecule has 3 amide bonds. The molecule has 3 saturated heterocycles. The lowest BCUT2D eigenvalue weighted by atomic mass is 9.94. The van der Waals surface area contributed by atoms with Crippen molar-refractivity contribution >= 4 is 62.3 Å². The Morgan fingerprint density at radius 2 is 1.50 bits per heavy atom. The van der Waals surface area contributed by atoms with Crippen molar-refractivity contribution in [2.24, 2.45) is 5.92 Å². The number of nitrogens with one attached hydrogen (secondary N) is 2. The van der Waals surface area contributed by atoms with Gasteiger partial charge in [0.15, 0.2) is 11.6 Å². The van der Waals surface area contributed by atoms with Crippen LogP contribution >= 0.6 is 0 Å². The molecule has 422 valence electrons. The Balaban J connectivity index is 0.754. The van der Waals surface area contributed by atoms with Gasteiger partial charge in [-0.15, -0.1) is 10.2 Å². The lowest BCUT2D eigenvalue weighted by molar-refractivity contribution is -0.138. The maximum Gasteiger partial charge on any atom is 0.289 e. The smallest absolute Gasteiger partial charge is 0.289 e. The fraction of sp³-hybridized carbons (Fsp3) is 0.421. The Kier molecular flexibility index (Phi) is 16.3. The molecule has 23 heteroatoms. The van der Waals surface area contributed by atoms with E-state index in [4.69, 9.17) is 4.74 Å². The van der Waals surface area contributed by atoms with E-state index in [2.05, 4.69) is 57.4 Å². The number of nitrogens with zero attached hydrogens (tertiary/aromatic N) is 12. The minimum absolute atomic E-state index is 0.0232. The van der Waals surface area contributed by atoms with Crippen LogP contribution in [0, 0.1) is 5.92 Å². The first-order chi connectivity index (χ1) is 38.4. The van der Waals surface area contributed by atoms with Crippen molar-refractivity contribution in [3.63, 3.8) is 0 Å². The van der Waals surface area contributed by atoms with Crippen LogP contribution in [0.1, 0.15) is 71.6 Å². The van der Waals surface area contributed by atoms with E-state index in [1.54, 1.807) is 41.9 Å². The van der Waals surface area contributed by atoms with Crippen molar-refractivity contribution in [1.82, 2.24) is 49.6 Å². The quantitative estimate of drug-likeness (QED) is 0.0919. The summed E-state index contributed by atoms with van der Waals surface area (Å²) in [6.07, 6.45) is 3.91. The highest BCUT2D eigenvalue weighted by Crippen LogP contribution is 2.42. The van der Waals surface area contributed by atoms with Crippen LogP contribution in [-0.4, -0.2) is 186 Å². The lowest BCUT2D eigenvalue weighted by Gasteiger charge is -2.39. The Hall–Kier alpha value is -7.86. The number of ether oxygens (including phenoxy) is 1. The summed E-state index contributed by atoms with van der Waals surface area (Å²) in [5, 5.41) is 36.8. The second kappa shape index (κ2) is 23.5. The second-order valence-electron chi connectivity index (χ2n) is 21.2. The number of rotatable bonds is 16. The van der Waals surface area contributed by atoms with Gasteiger partial charge < -0.3 is 45.2 Å². The maximum absolute atomic E-state index is 14.0. The van der Waals surface area contributed by atoms with E-state index in [0.29, 0.717) is 93.5 Å². The van der Waals surface area contributed by atoms with Gasteiger partial charge >= 0.3 is 0 Å². The number of aromatic hydroxyl groups is 2. The molecule has 0 spiro atoms. The van der Waals surface area contributed by atoms with Crippen LogP contribution in [0.15, 0.2) is 85.1 Å². The fourth-order valence-corrected chi connectivity index (χ4v) is 11.9. The molecule has 80 heavy (non-hydrogen) atoms. The number of hydrogen-bond donors (Lipinski definition) is 4. The summed E-state index contributed by atoms with van der Waals surface area (Å²) >= 11 is 0. The molecular formula is C57H70N14O8S. The zero-order valence-corrected chi connectivity index (χ0v) is 47.0. The number of sulfonamides is 1. The van der Waals surface area contributed by atoms with Crippen molar-refractivity contribution in [1.29, 1.82) is 0 Å². The SMILES string of the molecule is CCOc1cc(N2CCC(C(=O)N3CCN(Cc4ccc(-n5c(C(=O)NCCN6CCN(C)CC6)nnc5-c5cc(C(C)C)c(O)cc5O)cc4)CC3)CC2)ccc1Nc1ncc2c(n1)N(S(C)(=O)=O)c1ccccc1C(=O)N2C. The molecule has 6 heterocycles. The van der Waals surface area contributed by atoms with E-state index < -0.39 is 10.0 Å². The number of hydrogen-bond acceptors (Lipinski definition) is 17. The second-order valence-corrected chi connectivity index (χ2v) is 23.1. The molecule has 0 unspecified atom stereocenters. The number of fused-ring (bicyclic) bond motifs is 2. The summed E-state index contributed by atoms with van der Waals surface area (Å²) in [6.45, 7) is 15.8. The van der Waals surface area contributed by atoms with E-state index in [1.165, 1.54) is 17.2 Å². The molecule has 0 bridgehead atoms. The third-order valence-electron chi connectivity index (χ3n) is 15.5. The first-order valence-electron chi connectivity index (χ1n) is 27.3. The molecule has 22 nitrogen and oxygen atoms in total. The summed E-state index contributed by atoms with van der Waals surface area (Å²) in [4.78, 5) is 62.9. The Labute approximate surface area is 466 Å². The van der Waals surface area contributed by atoms with Crippen molar-refractivity contribution in [3.8, 4) is 34.3 Å². The van der Waals surface area contributed by atoms with Crippen molar-refractivity contribution < 1.29 is 37.8 Å². The summed E-state index contributed by atoms with van der Waals surface area (Å²) in [6, 6.07) is 23.2. The topological polar surface area (TPSA) is 238 Å². The average Bonchev–Trinajstić information content (AvgIpc) is 3.99. The molecule has 10 rings (SSSR count). The van der Waals surface area contributed by atoms with E-state index >= 15 is 0 Å². The molecule has 4 aliphatic rings. The van der Waals surface area contributed by atoms with E-state index in [9.17, 15) is 33.0 Å². The van der Waals surface area contributed by atoms with Gasteiger partial charge in [0.05, 0.1) is 41.6 Å². The normalized spacial score (nSPS) is 16.9. The number of aromatic nitrogens is 5. The number of para-hydroxylation sites is 1. The Morgan fingerprint density at radius 3 is 2.20 bits per heavy atom. The van der Waals surface area contributed by atoms with Crippen molar-refractivity contribution in [2.45, 2.75) is 46.1 Å². The van der Waals surface area contributed by atoms with Gasteiger partial charge in [0.2, 0.25) is 27.7 Å². The predicted molar refractivity (Wildman–Crippen MR) is 306 cm³/mol. The fourth-order valence-electron chi connectivity index (χ4n) is 10.9. The highest BCUT2D eigenvalue weighted by molar-refractivity contribution is 7.92. The Bertz CT molecular complexity index is 3370. The minimum atomic E-state index is -3.94. The number of piperazine rings is 2. The summed E-state index contributed by atoms with van der Waals surface area (Å²) in [5.41, 5.74) is 4.82. The van der Waals surface area contributed by atoms with Crippen LogP contribution in [0.2, 0.25) is 0 Å². The standard InChI is InChI=1S/C57H70N14O8S/c1-7-79-50-32-41(16-17-45(50)60-57-59-35-47-52(61-57)71(80(6,77)78)46-11-9-8-10-42(46)56(76)65(47)5)68-21-18-39(19-22-68)55(75)69-30-28-67(29-31-69)36-38-12-14-40(15-13-38)70-51(44-33-43(37(2)3)48(72)34-49(44)73)62-63-53(70)54(74)58-20-23-66-26-24-64(4)25-27-66/h8-17,32-35,37,39,72-73H,7,18-31,36H2,1-6H3,(H,58,74)(H,59,60,61). The number of amides is 3. The van der Waals surface area contributed by atoms with Crippen LogP contribution < -0.4 is 29.5 Å². The maximum atomic E-state index is 14.0. The Morgan fingerprint density at radius 1 is 0.800 bits per heavy atom. The molecule has 6 aromatic rings. The lowest BCUT2D eigenvalue weighted by Crippen LogP contribution is -2.51. The van der Waals surface area contributed by atoms with Gasteiger partial charge in [0.1, 0.15) is 22.9 Å². The number of piperidine rings is 1. The van der Waals surface area contributed by atoms with Gasteiger partial charge in [0.25, 0.3) is 11.8 Å². The van der Waals surface area contributed by atoms with Crippen LogP contribution in [0.25, 0.3) is 17.1 Å². The number of carbonyl (C=O) groups is 3. The number of anilines is 6. The van der Waals surface area contributed by atoms with Gasteiger partial charge in [-0.2, -0.15) is 4.98 Å². The van der Waals surface area contributed by atoms with Crippen LogP contribution in [0.3, 0.4) is 0 Å². The highest BCUT2D eigenvalue weighted by atomic mass is 32.2. The third-order valence-corrected chi connectivity index (χ3v) is 16.5. The number of carbonyl (C=O) groups excluding carboxylic acids is 3. The van der Waals surface area contributed by atoms with E-state index in [0.717, 1.165) is 61.1 Å². The predicted octanol–water partition coefficient (Wildman–Crippen LogP) is 5.63. The molecule has 0 saturated carbocycles. The van der Waals surface area contributed by atoms with Crippen molar-refractivity contribution in [3.05, 3.63) is 108 Å². The zero-order chi connectivity index (χ0) is 56.4. The van der Waals surface area contributed by atoms with Gasteiger partial charge in [0, 0.05) is 122 Å². The largest absolute Gasteiger partial charge is 0.508 e. The zero-order valence-electron chi connectivity index (χ0n) is 46.2. The molecule has 0 radical (unpaired) electrons. The molecule has 0 atom stereocenters. The number of phenolic OH excluding ortho intramolecular Hbond substituents is 2. The van der Waals surface area contributed by atoms with Crippen molar-refractivity contribution in [2.75, 3.05) is 125 Å². The van der Waals surface area contributed by atoms with E-state index in [1.807, 2.05) is 68.1 Å². The molecule has 3 fully saturated rings. The molecule has 4 N–H and O–H groups in total. The monoisotopic (exact) mass is 1110 g/mol. The first kappa shape index (κ1) is 55.5. The molecule has 4 aliphatic heterocycles. The third kappa shape index (κ3) is 11.7. The summed E-state index contributed by atoms with van der Waals surface area (Å²) < 4.78 is 35.4. The molecular weight excluding hydrogens is 1040 g/mol. The average molecular weight is 1110 g/mol. The number of likely N-dealkylation sites (N-methyl/N-ethyl adjacent to an activating group) is 1. The molecule has 0 aliphatic carbocycles. The molecule has 2 aromatic heterocycles. The minimum Gasteiger partial charge on any atom is -0.508 e. The van der Waals surface area contributed by atoms with Crippen LogP contribution in [0.4, 0.5) is 34.5 Å². The number of phenols is 2.